The van der Waals surface area contributed by atoms with Crippen molar-refractivity contribution in [2.75, 3.05) is 0 Å². The van der Waals surface area contributed by atoms with Crippen LogP contribution >= 0.6 is 0 Å². The number of carbonyl (C=O) groups is 2. The van der Waals surface area contributed by atoms with E-state index in [2.05, 4.69) is 0 Å². The van der Waals surface area contributed by atoms with Gasteiger partial charge in [0, 0.05) is 12.8 Å². The Morgan fingerprint density at radius 1 is 0.818 bits per heavy atom. The molecule has 0 aromatic heterocycles. The van der Waals surface area contributed by atoms with Crippen molar-refractivity contribution in [3.05, 3.63) is 47.5 Å². The summed E-state index contributed by atoms with van der Waals surface area (Å²) in [5, 5.41) is 2.13. The van der Waals surface area contributed by atoms with Crippen LogP contribution in [0.4, 0.5) is 0 Å². The fourth-order valence-electron chi connectivity index (χ4n) is 2.12. The van der Waals surface area contributed by atoms with Gasteiger partial charge in [-0.25, -0.2) is 0 Å². The van der Waals surface area contributed by atoms with Gasteiger partial charge >= 0.3 is 11.9 Å². The highest BCUT2D eigenvalue weighted by atomic mass is 16.5. The van der Waals surface area contributed by atoms with E-state index in [-0.39, 0.29) is 25.2 Å². The van der Waals surface area contributed by atoms with Crippen molar-refractivity contribution in [2.45, 2.75) is 39.9 Å². The van der Waals surface area contributed by atoms with E-state index in [0.29, 0.717) is 12.8 Å². The highest BCUT2D eigenvalue weighted by Gasteiger charge is 2.10. The Balaban J connectivity index is 2.27. The Hall–Kier alpha value is -2.36. The van der Waals surface area contributed by atoms with Gasteiger partial charge in [-0.2, -0.15) is 0 Å². The van der Waals surface area contributed by atoms with Gasteiger partial charge in [-0.3, -0.25) is 9.59 Å². The minimum absolute atomic E-state index is 0.191. The second kappa shape index (κ2) is 7.59. The molecule has 116 valence electrons. The summed E-state index contributed by atoms with van der Waals surface area (Å²) in [6.45, 7) is 3.90. The predicted molar refractivity (Wildman–Crippen MR) is 84.1 cm³/mol. The number of benzene rings is 2. The molecule has 22 heavy (non-hydrogen) atoms. The van der Waals surface area contributed by atoms with Crippen LogP contribution in [0.25, 0.3) is 10.8 Å². The Morgan fingerprint density at radius 3 is 1.59 bits per heavy atom. The van der Waals surface area contributed by atoms with Crippen molar-refractivity contribution >= 4 is 22.7 Å². The van der Waals surface area contributed by atoms with E-state index < -0.39 is 0 Å². The van der Waals surface area contributed by atoms with Crippen LogP contribution in [0.15, 0.2) is 36.4 Å². The molecule has 0 fully saturated rings. The summed E-state index contributed by atoms with van der Waals surface area (Å²) in [4.78, 5) is 22.7. The number of fused-ring (bicyclic) bond motifs is 1. The van der Waals surface area contributed by atoms with Gasteiger partial charge in [-0.15, -0.1) is 0 Å². The third-order valence-corrected chi connectivity index (χ3v) is 3.42. The minimum atomic E-state index is -0.246. The third-order valence-electron chi connectivity index (χ3n) is 3.42. The third kappa shape index (κ3) is 4.07. The van der Waals surface area contributed by atoms with Gasteiger partial charge in [0.05, 0.1) is 0 Å². The summed E-state index contributed by atoms with van der Waals surface area (Å²) in [5.74, 6) is -0.491. The molecule has 2 aromatic carbocycles. The van der Waals surface area contributed by atoms with E-state index in [1.165, 1.54) is 0 Å². The van der Waals surface area contributed by atoms with Crippen LogP contribution in [0.2, 0.25) is 0 Å². The summed E-state index contributed by atoms with van der Waals surface area (Å²) in [6, 6.07) is 11.9. The standard InChI is InChI=1S/C18H20O4/c1-3-17(19)21-11-15-9-13-7-5-6-8-14(13)10-16(15)12-22-18(20)4-2/h5-10H,3-4,11-12H2,1-2H3. The van der Waals surface area contributed by atoms with Crippen molar-refractivity contribution in [3.8, 4) is 0 Å². The first-order chi connectivity index (χ1) is 10.6. The lowest BCUT2D eigenvalue weighted by Gasteiger charge is -2.12. The van der Waals surface area contributed by atoms with Gasteiger partial charge in [0.2, 0.25) is 0 Å². The van der Waals surface area contributed by atoms with Gasteiger partial charge < -0.3 is 9.47 Å². The fraction of sp³-hybridized carbons (Fsp3) is 0.333. The number of hydrogen-bond acceptors (Lipinski definition) is 4. The molecule has 0 bridgehead atoms. The van der Waals surface area contributed by atoms with E-state index in [4.69, 9.17) is 9.47 Å². The van der Waals surface area contributed by atoms with Crippen LogP contribution in [0.3, 0.4) is 0 Å². The molecule has 0 heterocycles. The first-order valence-electron chi connectivity index (χ1n) is 7.45. The monoisotopic (exact) mass is 300 g/mol. The maximum absolute atomic E-state index is 11.4. The molecule has 0 atom stereocenters. The number of hydrogen-bond donors (Lipinski definition) is 0. The Kier molecular flexibility index (Phi) is 5.53. The first-order valence-corrected chi connectivity index (χ1v) is 7.45. The smallest absolute Gasteiger partial charge is 0.305 e. The molecular formula is C18H20O4. The number of carbonyl (C=O) groups excluding carboxylic acids is 2. The van der Waals surface area contributed by atoms with Gasteiger partial charge in [0.15, 0.2) is 0 Å². The normalized spacial score (nSPS) is 10.5. The largest absolute Gasteiger partial charge is 0.461 e. The molecule has 0 saturated carbocycles. The molecule has 2 rings (SSSR count). The van der Waals surface area contributed by atoms with Crippen molar-refractivity contribution < 1.29 is 19.1 Å². The number of ether oxygens (including phenoxy) is 2. The lowest BCUT2D eigenvalue weighted by molar-refractivity contribution is -0.146. The van der Waals surface area contributed by atoms with Gasteiger partial charge in [0.25, 0.3) is 0 Å². The molecule has 0 aliphatic rings. The molecule has 0 aliphatic heterocycles. The van der Waals surface area contributed by atoms with E-state index in [1.54, 1.807) is 13.8 Å². The number of esters is 2. The van der Waals surface area contributed by atoms with Crippen molar-refractivity contribution in [2.24, 2.45) is 0 Å². The highest BCUT2D eigenvalue weighted by molar-refractivity contribution is 5.84. The van der Waals surface area contributed by atoms with Crippen molar-refractivity contribution in [3.63, 3.8) is 0 Å². The second-order valence-corrected chi connectivity index (χ2v) is 5.00. The van der Waals surface area contributed by atoms with Crippen LogP contribution in [0, 0.1) is 0 Å². The SMILES string of the molecule is CCC(=O)OCc1cc2ccccc2cc1COC(=O)CC. The van der Waals surface area contributed by atoms with Gasteiger partial charge in [-0.05, 0) is 34.0 Å². The molecule has 0 unspecified atom stereocenters. The van der Waals surface area contributed by atoms with E-state index in [1.807, 2.05) is 36.4 Å². The van der Waals surface area contributed by atoms with Crippen LogP contribution in [-0.2, 0) is 32.3 Å². The fourth-order valence-corrected chi connectivity index (χ4v) is 2.12. The molecule has 0 saturated heterocycles. The van der Waals surface area contributed by atoms with Crippen molar-refractivity contribution in [1.82, 2.24) is 0 Å². The molecule has 2 aromatic rings. The average Bonchev–Trinajstić information content (AvgIpc) is 2.56. The van der Waals surface area contributed by atoms with Crippen LogP contribution in [0.1, 0.15) is 37.8 Å². The molecule has 0 N–H and O–H groups in total. The second-order valence-electron chi connectivity index (χ2n) is 5.00. The maximum atomic E-state index is 11.4. The van der Waals surface area contributed by atoms with E-state index >= 15 is 0 Å². The summed E-state index contributed by atoms with van der Waals surface area (Å²) < 4.78 is 10.4. The van der Waals surface area contributed by atoms with Crippen LogP contribution in [-0.4, -0.2) is 11.9 Å². The average molecular weight is 300 g/mol. The zero-order chi connectivity index (χ0) is 15.9. The summed E-state index contributed by atoms with van der Waals surface area (Å²) in [5.41, 5.74) is 1.73. The molecule has 0 aliphatic carbocycles. The highest BCUT2D eigenvalue weighted by Crippen LogP contribution is 2.22. The topological polar surface area (TPSA) is 52.6 Å². The van der Waals surface area contributed by atoms with Crippen LogP contribution < -0.4 is 0 Å². The quantitative estimate of drug-likeness (QED) is 0.762. The molecule has 4 nitrogen and oxygen atoms in total. The Morgan fingerprint density at radius 2 is 1.23 bits per heavy atom. The molecule has 0 radical (unpaired) electrons. The minimum Gasteiger partial charge on any atom is -0.461 e. The summed E-state index contributed by atoms with van der Waals surface area (Å²) in [6.07, 6.45) is 0.682. The lowest BCUT2D eigenvalue weighted by atomic mass is 10.0. The maximum Gasteiger partial charge on any atom is 0.305 e. The zero-order valence-electron chi connectivity index (χ0n) is 12.9. The van der Waals surface area contributed by atoms with Gasteiger partial charge in [-0.1, -0.05) is 38.1 Å². The summed E-state index contributed by atoms with van der Waals surface area (Å²) in [7, 11) is 0. The molecule has 4 heteroatoms. The Bertz CT molecular complexity index is 617. The Labute approximate surface area is 130 Å². The molecule has 0 amide bonds. The van der Waals surface area contributed by atoms with E-state index in [0.717, 1.165) is 21.9 Å². The van der Waals surface area contributed by atoms with Crippen LogP contribution in [0.5, 0.6) is 0 Å². The molecular weight excluding hydrogens is 280 g/mol. The zero-order valence-corrected chi connectivity index (χ0v) is 12.9. The summed E-state index contributed by atoms with van der Waals surface area (Å²) >= 11 is 0. The molecule has 0 spiro atoms. The van der Waals surface area contributed by atoms with E-state index in [9.17, 15) is 9.59 Å². The lowest BCUT2D eigenvalue weighted by Crippen LogP contribution is -2.07. The first kappa shape index (κ1) is 16.0. The predicted octanol–water partition coefficient (Wildman–Crippen LogP) is 3.75. The van der Waals surface area contributed by atoms with Gasteiger partial charge in [0.1, 0.15) is 13.2 Å². The van der Waals surface area contributed by atoms with Crippen molar-refractivity contribution in [1.29, 1.82) is 0 Å². The number of rotatable bonds is 6.